The van der Waals surface area contributed by atoms with E-state index in [0.717, 1.165) is 5.56 Å². The van der Waals surface area contributed by atoms with Gasteiger partial charge in [-0.25, -0.2) is 0 Å². The molecular weight excluding hydrogens is 228 g/mol. The number of fused-ring (bicyclic) bond motifs is 1. The number of carbonyl (C=O) groups excluding carboxylic acids is 1. The first kappa shape index (κ1) is 10.7. The average molecular weight is 239 g/mol. The van der Waals surface area contributed by atoms with Gasteiger partial charge in [0, 0.05) is 12.1 Å². The minimum atomic E-state index is -0.193. The van der Waals surface area contributed by atoms with Crippen molar-refractivity contribution >= 4 is 11.9 Å². The van der Waals surface area contributed by atoms with Crippen LogP contribution in [0.4, 0.5) is 0 Å². The maximum Gasteiger partial charge on any atom is 0.355 e. The van der Waals surface area contributed by atoms with Gasteiger partial charge in [-0.05, 0) is 11.6 Å². The van der Waals surface area contributed by atoms with Gasteiger partial charge in [-0.15, -0.1) is 0 Å². The van der Waals surface area contributed by atoms with Gasteiger partial charge in [0.1, 0.15) is 5.56 Å². The lowest BCUT2D eigenvalue weighted by Crippen LogP contribution is -2.02. The van der Waals surface area contributed by atoms with Crippen molar-refractivity contribution in [2.24, 2.45) is 0 Å². The van der Waals surface area contributed by atoms with Crippen LogP contribution in [-0.4, -0.2) is 11.0 Å². The van der Waals surface area contributed by atoms with Crippen LogP contribution in [0.3, 0.4) is 0 Å². The lowest BCUT2D eigenvalue weighted by atomic mass is 10.1. The van der Waals surface area contributed by atoms with Crippen molar-refractivity contribution in [1.29, 1.82) is 0 Å². The molecule has 0 atom stereocenters. The number of allylic oxidation sites excluding steroid dienone is 1. The molecule has 0 aromatic heterocycles. The first-order chi connectivity index (χ1) is 8.77. The van der Waals surface area contributed by atoms with Crippen LogP contribution in [0.5, 0.6) is 5.75 Å². The summed E-state index contributed by atoms with van der Waals surface area (Å²) in [7, 11) is 0. The zero-order chi connectivity index (χ0) is 12.5. The molecule has 0 bridgehead atoms. The summed E-state index contributed by atoms with van der Waals surface area (Å²) in [5.41, 5.74) is 1.35. The molecule has 2 aromatic rings. The van der Waals surface area contributed by atoms with E-state index in [1.807, 2.05) is 34.8 Å². The number of para-hydroxylation sites is 1. The molecular formula is C15H11O3+. The van der Waals surface area contributed by atoms with Gasteiger partial charge in [0.15, 0.2) is 0 Å². The minimum Gasteiger partial charge on any atom is -0.339 e. The second-order valence-electron chi connectivity index (χ2n) is 4.03. The maximum atomic E-state index is 12.1. The van der Waals surface area contributed by atoms with Crippen molar-refractivity contribution in [3.63, 3.8) is 0 Å². The van der Waals surface area contributed by atoms with Crippen molar-refractivity contribution < 1.29 is 14.6 Å². The Labute approximate surface area is 104 Å². The Balaban J connectivity index is 2.07. The molecule has 3 heteroatoms. The van der Waals surface area contributed by atoms with Crippen LogP contribution in [0.15, 0.2) is 60.4 Å². The quantitative estimate of drug-likeness (QED) is 0.468. The van der Waals surface area contributed by atoms with Crippen LogP contribution in [-0.2, 0) is 4.52 Å². The zero-order valence-corrected chi connectivity index (χ0v) is 9.54. The molecule has 0 radical (unpaired) electrons. The molecule has 0 saturated carbocycles. The molecule has 1 N–H and O–H groups in total. The Morgan fingerprint density at radius 2 is 1.61 bits per heavy atom. The number of hydrogen-bond donors (Lipinski definition) is 1. The zero-order valence-electron chi connectivity index (χ0n) is 9.54. The van der Waals surface area contributed by atoms with Gasteiger partial charge in [0.25, 0.3) is 5.78 Å². The summed E-state index contributed by atoms with van der Waals surface area (Å²) in [5, 5.41) is 9.93. The molecule has 88 valence electrons. The fourth-order valence-corrected chi connectivity index (χ4v) is 1.98. The second-order valence-corrected chi connectivity index (χ2v) is 4.03. The molecule has 1 heterocycles. The number of hydrogen-bond acceptors (Lipinski definition) is 2. The van der Waals surface area contributed by atoms with Crippen molar-refractivity contribution in [1.82, 2.24) is 0 Å². The van der Waals surface area contributed by atoms with Gasteiger partial charge in [0.2, 0.25) is 0 Å². The van der Waals surface area contributed by atoms with Gasteiger partial charge in [-0.3, -0.25) is 4.79 Å². The summed E-state index contributed by atoms with van der Waals surface area (Å²) < 4.78 is 1.83. The highest BCUT2D eigenvalue weighted by atomic mass is 17.2. The average Bonchev–Trinajstić information content (AvgIpc) is 2.66. The van der Waals surface area contributed by atoms with Crippen molar-refractivity contribution in [2.45, 2.75) is 0 Å². The van der Waals surface area contributed by atoms with E-state index in [2.05, 4.69) is 0 Å². The van der Waals surface area contributed by atoms with Gasteiger partial charge < -0.3 is 4.52 Å². The van der Waals surface area contributed by atoms with Crippen molar-refractivity contribution in [3.05, 3.63) is 71.5 Å². The lowest BCUT2D eigenvalue weighted by molar-refractivity contribution is -0.326. The van der Waals surface area contributed by atoms with E-state index in [-0.39, 0.29) is 11.5 Å². The molecule has 3 rings (SSSR count). The number of ketones is 1. The standard InChI is InChI=1S/C15H11O3/c16-15-12-8-4-5-9-13(12)18(17)14(15)10-11-6-2-1-3-7-11/h1-10,17H/q+1/b14-10-. The lowest BCUT2D eigenvalue weighted by Gasteiger charge is -2.04. The molecule has 1 aliphatic heterocycles. The predicted molar refractivity (Wildman–Crippen MR) is 68.4 cm³/mol. The summed E-state index contributed by atoms with van der Waals surface area (Å²) in [6.45, 7) is 0. The van der Waals surface area contributed by atoms with Crippen LogP contribution in [0, 0.1) is 0 Å². The molecule has 3 nitrogen and oxygen atoms in total. The number of rotatable bonds is 1. The third kappa shape index (κ3) is 1.61. The third-order valence-electron chi connectivity index (χ3n) is 2.87. The van der Waals surface area contributed by atoms with Gasteiger partial charge >= 0.3 is 11.5 Å². The molecule has 2 aromatic carbocycles. The van der Waals surface area contributed by atoms with E-state index in [9.17, 15) is 10.1 Å². The fourth-order valence-electron chi connectivity index (χ4n) is 1.98. The number of carbonyl (C=O) groups is 1. The van der Waals surface area contributed by atoms with Crippen LogP contribution in [0.25, 0.3) is 6.08 Å². The molecule has 0 aliphatic carbocycles. The first-order valence-corrected chi connectivity index (χ1v) is 5.61. The molecule has 0 spiro atoms. The van der Waals surface area contributed by atoms with Crippen LogP contribution in [0.1, 0.15) is 15.9 Å². The Morgan fingerprint density at radius 1 is 0.944 bits per heavy atom. The summed E-state index contributed by atoms with van der Waals surface area (Å²) >= 11 is 0. The third-order valence-corrected chi connectivity index (χ3v) is 2.87. The largest absolute Gasteiger partial charge is 0.355 e. The van der Waals surface area contributed by atoms with E-state index in [1.165, 1.54) is 0 Å². The van der Waals surface area contributed by atoms with Crippen molar-refractivity contribution in [2.75, 3.05) is 0 Å². The van der Waals surface area contributed by atoms with E-state index < -0.39 is 0 Å². The smallest absolute Gasteiger partial charge is 0.339 e. The Kier molecular flexibility index (Phi) is 2.46. The summed E-state index contributed by atoms with van der Waals surface area (Å²) in [6.07, 6.45) is 1.65. The van der Waals surface area contributed by atoms with Crippen molar-refractivity contribution in [3.8, 4) is 5.75 Å². The first-order valence-electron chi connectivity index (χ1n) is 5.61. The summed E-state index contributed by atoms with van der Waals surface area (Å²) in [4.78, 5) is 12.1. The molecule has 0 unspecified atom stereocenters. The molecule has 1 aliphatic rings. The van der Waals surface area contributed by atoms with Crippen LogP contribution < -0.4 is 0 Å². The van der Waals surface area contributed by atoms with Crippen LogP contribution >= 0.6 is 0 Å². The Hall–Kier alpha value is -2.39. The highest BCUT2D eigenvalue weighted by Gasteiger charge is 2.41. The van der Waals surface area contributed by atoms with E-state index >= 15 is 0 Å². The number of benzene rings is 2. The fraction of sp³-hybridized carbons (Fsp3) is 0. The predicted octanol–water partition coefficient (Wildman–Crippen LogP) is 3.66. The second kappa shape index (κ2) is 4.13. The van der Waals surface area contributed by atoms with E-state index in [0.29, 0.717) is 11.3 Å². The maximum absolute atomic E-state index is 12.1. The van der Waals surface area contributed by atoms with Gasteiger partial charge in [0.05, 0.1) is 0 Å². The topological polar surface area (TPSA) is 40.0 Å². The highest BCUT2D eigenvalue weighted by Crippen LogP contribution is 2.40. The summed E-state index contributed by atoms with van der Waals surface area (Å²) in [5.74, 6) is 0.453. The van der Waals surface area contributed by atoms with Gasteiger partial charge in [-0.2, -0.15) is 0 Å². The SMILES string of the molecule is O=C1/C(=C/c2ccccc2)[O+](O)c2ccccc21. The highest BCUT2D eigenvalue weighted by molar-refractivity contribution is 6.14. The Morgan fingerprint density at radius 3 is 2.33 bits per heavy atom. The minimum absolute atomic E-state index is 0.193. The van der Waals surface area contributed by atoms with Crippen LogP contribution in [0.2, 0.25) is 0 Å². The van der Waals surface area contributed by atoms with Gasteiger partial charge in [-0.1, -0.05) is 47.7 Å². The van der Waals surface area contributed by atoms with E-state index in [1.54, 1.807) is 30.3 Å². The summed E-state index contributed by atoms with van der Waals surface area (Å²) in [6, 6.07) is 16.3. The monoisotopic (exact) mass is 239 g/mol. The molecule has 18 heavy (non-hydrogen) atoms. The number of Topliss-reactive ketones (excluding diaryl/α,β-unsaturated/α-hetero) is 1. The Bertz CT molecular complexity index is 629. The normalized spacial score (nSPS) is 16.2. The molecule has 0 amide bonds. The van der Waals surface area contributed by atoms with E-state index in [4.69, 9.17) is 0 Å². The molecule has 0 saturated heterocycles. The molecule has 0 fully saturated rings.